The predicted molar refractivity (Wildman–Crippen MR) is 111 cm³/mol. The number of nitrogens with one attached hydrogen (secondary N) is 3. The van der Waals surface area contributed by atoms with E-state index >= 15 is 0 Å². The summed E-state index contributed by atoms with van der Waals surface area (Å²) in [6.45, 7) is 11.0. The Bertz CT molecular complexity index is 565. The van der Waals surface area contributed by atoms with Gasteiger partial charge in [0, 0.05) is 0 Å². The Morgan fingerprint density at radius 2 is 1.38 bits per heavy atom. The number of nitrogens with two attached hydrogens (primary N) is 1. The van der Waals surface area contributed by atoms with Gasteiger partial charge in [0.15, 0.2) is 0 Å². The number of rotatable bonds is 13. The first-order valence-corrected chi connectivity index (χ1v) is 10.2. The van der Waals surface area contributed by atoms with Gasteiger partial charge in [0.2, 0.25) is 17.7 Å². The molecular weight excluding hydrogens is 376 g/mol. The molecule has 9 heteroatoms. The maximum Gasteiger partial charge on any atom is 0.326 e. The van der Waals surface area contributed by atoms with Crippen molar-refractivity contribution in [2.75, 3.05) is 6.54 Å². The highest BCUT2D eigenvalue weighted by Gasteiger charge is 2.27. The van der Waals surface area contributed by atoms with Crippen molar-refractivity contribution in [1.82, 2.24) is 16.0 Å². The number of carboxylic acid groups (broad SMARTS) is 1. The standard InChI is InChI=1S/C20H38N4O5/c1-7-13(6)17(21)19(27)24-14(8-11(2)3)18(26)22-10-16(25)23-15(20(28)29)9-12(4)5/h11-15,17H,7-10,21H2,1-6H3,(H,22,26)(H,23,25)(H,24,27)(H,28,29). The van der Waals surface area contributed by atoms with Gasteiger partial charge in [0.1, 0.15) is 12.1 Å². The van der Waals surface area contributed by atoms with E-state index in [4.69, 9.17) is 5.73 Å². The maximum absolute atomic E-state index is 12.5. The molecule has 0 aromatic heterocycles. The van der Waals surface area contributed by atoms with Crippen LogP contribution in [0.15, 0.2) is 0 Å². The minimum atomic E-state index is -1.12. The van der Waals surface area contributed by atoms with Crippen molar-refractivity contribution in [3.63, 3.8) is 0 Å². The zero-order chi connectivity index (χ0) is 22.7. The number of amides is 3. The SMILES string of the molecule is CCC(C)C(N)C(=O)NC(CC(C)C)C(=O)NCC(=O)NC(CC(C)C)C(=O)O. The van der Waals surface area contributed by atoms with Gasteiger partial charge in [-0.1, -0.05) is 48.0 Å². The van der Waals surface area contributed by atoms with E-state index in [1.54, 1.807) is 0 Å². The molecule has 0 aliphatic carbocycles. The van der Waals surface area contributed by atoms with E-state index < -0.39 is 41.8 Å². The van der Waals surface area contributed by atoms with E-state index in [0.717, 1.165) is 6.42 Å². The van der Waals surface area contributed by atoms with Crippen molar-refractivity contribution in [3.8, 4) is 0 Å². The molecule has 0 aliphatic heterocycles. The lowest BCUT2D eigenvalue weighted by Gasteiger charge is -2.24. The molecule has 0 aromatic rings. The summed E-state index contributed by atoms with van der Waals surface area (Å²) in [5.41, 5.74) is 5.93. The van der Waals surface area contributed by atoms with Crippen LogP contribution in [0.3, 0.4) is 0 Å². The molecule has 0 bridgehead atoms. The first kappa shape index (κ1) is 26.8. The van der Waals surface area contributed by atoms with Crippen molar-refractivity contribution in [3.05, 3.63) is 0 Å². The van der Waals surface area contributed by atoms with Gasteiger partial charge in [-0.2, -0.15) is 0 Å². The van der Waals surface area contributed by atoms with Gasteiger partial charge >= 0.3 is 5.97 Å². The molecule has 6 N–H and O–H groups in total. The van der Waals surface area contributed by atoms with Crippen LogP contribution in [0.4, 0.5) is 0 Å². The van der Waals surface area contributed by atoms with Crippen LogP contribution in [0.25, 0.3) is 0 Å². The number of hydrogen-bond acceptors (Lipinski definition) is 5. The lowest BCUT2D eigenvalue weighted by molar-refractivity contribution is -0.142. The van der Waals surface area contributed by atoms with Gasteiger partial charge in [-0.15, -0.1) is 0 Å². The average molecular weight is 415 g/mol. The summed E-state index contributed by atoms with van der Waals surface area (Å²) in [7, 11) is 0. The zero-order valence-electron chi connectivity index (χ0n) is 18.5. The second kappa shape index (κ2) is 13.1. The molecular formula is C20H38N4O5. The third-order valence-corrected chi connectivity index (χ3v) is 4.66. The maximum atomic E-state index is 12.5. The molecule has 4 unspecified atom stereocenters. The van der Waals surface area contributed by atoms with Gasteiger partial charge in [0.05, 0.1) is 12.6 Å². The quantitative estimate of drug-likeness (QED) is 0.298. The van der Waals surface area contributed by atoms with Crippen LogP contribution in [0, 0.1) is 17.8 Å². The van der Waals surface area contributed by atoms with E-state index in [0.29, 0.717) is 6.42 Å². The zero-order valence-corrected chi connectivity index (χ0v) is 18.5. The smallest absolute Gasteiger partial charge is 0.326 e. The highest BCUT2D eigenvalue weighted by molar-refractivity contribution is 5.92. The predicted octanol–water partition coefficient (Wildman–Crippen LogP) is 0.622. The number of aliphatic carboxylic acids is 1. The normalized spacial score (nSPS) is 15.3. The molecule has 29 heavy (non-hydrogen) atoms. The minimum absolute atomic E-state index is 0.0301. The van der Waals surface area contributed by atoms with E-state index in [9.17, 15) is 24.3 Å². The number of carboxylic acids is 1. The van der Waals surface area contributed by atoms with Crippen molar-refractivity contribution >= 4 is 23.7 Å². The second-order valence-corrected chi connectivity index (χ2v) is 8.41. The summed E-state index contributed by atoms with van der Waals surface area (Å²) in [6.07, 6.45) is 1.41. The molecule has 0 heterocycles. The molecule has 168 valence electrons. The first-order chi connectivity index (χ1) is 13.4. The number of hydrogen-bond donors (Lipinski definition) is 5. The van der Waals surface area contributed by atoms with Crippen molar-refractivity contribution in [2.24, 2.45) is 23.5 Å². The largest absolute Gasteiger partial charge is 0.480 e. The Balaban J connectivity index is 4.87. The molecule has 3 amide bonds. The molecule has 0 aliphatic rings. The van der Waals surface area contributed by atoms with Gasteiger partial charge in [0.25, 0.3) is 0 Å². The lowest BCUT2D eigenvalue weighted by atomic mass is 9.97. The van der Waals surface area contributed by atoms with Crippen molar-refractivity contribution < 1.29 is 24.3 Å². The second-order valence-electron chi connectivity index (χ2n) is 8.41. The number of carbonyl (C=O) groups excluding carboxylic acids is 3. The van der Waals surface area contributed by atoms with Gasteiger partial charge in [-0.05, 0) is 30.6 Å². The highest BCUT2D eigenvalue weighted by atomic mass is 16.4. The van der Waals surface area contributed by atoms with Gasteiger partial charge < -0.3 is 26.8 Å². The van der Waals surface area contributed by atoms with Crippen molar-refractivity contribution in [2.45, 2.75) is 78.9 Å². The molecule has 0 saturated carbocycles. The first-order valence-electron chi connectivity index (χ1n) is 10.2. The van der Waals surface area contributed by atoms with Crippen molar-refractivity contribution in [1.29, 1.82) is 0 Å². The minimum Gasteiger partial charge on any atom is -0.480 e. The molecule has 0 saturated heterocycles. The Kier molecular flexibility index (Phi) is 12.2. The summed E-state index contributed by atoms with van der Waals surface area (Å²) >= 11 is 0. The van der Waals surface area contributed by atoms with E-state index in [-0.39, 0.29) is 30.7 Å². The highest BCUT2D eigenvalue weighted by Crippen LogP contribution is 2.09. The van der Waals surface area contributed by atoms with Crippen LogP contribution in [-0.4, -0.2) is 53.5 Å². The summed E-state index contributed by atoms with van der Waals surface area (Å²) in [5.74, 6) is -2.45. The number of carbonyl (C=O) groups is 4. The fourth-order valence-electron chi connectivity index (χ4n) is 2.71. The van der Waals surface area contributed by atoms with E-state index in [1.165, 1.54) is 0 Å². The van der Waals surface area contributed by atoms with Crippen LogP contribution in [0.5, 0.6) is 0 Å². The lowest BCUT2D eigenvalue weighted by Crippen LogP contribution is -2.55. The Labute approximate surface area is 173 Å². The average Bonchev–Trinajstić information content (AvgIpc) is 2.62. The van der Waals surface area contributed by atoms with Crippen LogP contribution in [0.1, 0.15) is 60.8 Å². The summed E-state index contributed by atoms with van der Waals surface area (Å²) < 4.78 is 0. The molecule has 0 rings (SSSR count). The van der Waals surface area contributed by atoms with Crippen LogP contribution in [0.2, 0.25) is 0 Å². The topological polar surface area (TPSA) is 151 Å². The molecule has 0 spiro atoms. The van der Waals surface area contributed by atoms with Crippen LogP contribution in [-0.2, 0) is 19.2 Å². The Morgan fingerprint density at radius 1 is 0.862 bits per heavy atom. The third kappa shape index (κ3) is 10.8. The van der Waals surface area contributed by atoms with E-state index in [2.05, 4.69) is 16.0 Å². The van der Waals surface area contributed by atoms with Gasteiger partial charge in [-0.3, -0.25) is 14.4 Å². The molecule has 0 radical (unpaired) electrons. The van der Waals surface area contributed by atoms with Crippen LogP contribution >= 0.6 is 0 Å². The van der Waals surface area contributed by atoms with E-state index in [1.807, 2.05) is 41.5 Å². The third-order valence-electron chi connectivity index (χ3n) is 4.66. The van der Waals surface area contributed by atoms with Crippen LogP contribution < -0.4 is 21.7 Å². The molecule has 0 aromatic carbocycles. The summed E-state index contributed by atoms with van der Waals surface area (Å²) in [5, 5.41) is 16.7. The molecule has 9 nitrogen and oxygen atoms in total. The van der Waals surface area contributed by atoms with Gasteiger partial charge in [-0.25, -0.2) is 4.79 Å². The summed E-state index contributed by atoms with van der Waals surface area (Å²) in [4.78, 5) is 48.1. The fourth-order valence-corrected chi connectivity index (χ4v) is 2.71. The monoisotopic (exact) mass is 414 g/mol. The molecule has 4 atom stereocenters. The Morgan fingerprint density at radius 3 is 1.83 bits per heavy atom. The fraction of sp³-hybridized carbons (Fsp3) is 0.800. The Hall–Kier alpha value is -2.16. The summed E-state index contributed by atoms with van der Waals surface area (Å²) in [6, 6.07) is -2.56. The molecule has 0 fully saturated rings.